The Hall–Kier alpha value is -4.64. The molecule has 2 aromatic carbocycles. The maximum absolute atomic E-state index is 13.8. The Morgan fingerprint density at radius 2 is 1.67 bits per heavy atom. The lowest BCUT2D eigenvalue weighted by Crippen LogP contribution is -2.29. The lowest BCUT2D eigenvalue weighted by atomic mass is 9.95. The normalized spacial score (nSPS) is 10.8. The van der Waals surface area contributed by atoms with Crippen LogP contribution >= 0.6 is 0 Å². The summed E-state index contributed by atoms with van der Waals surface area (Å²) in [6.07, 6.45) is 4.75. The van der Waals surface area contributed by atoms with Crippen molar-refractivity contribution in [2.75, 3.05) is 42.2 Å². The molecule has 204 valence electrons. The first-order valence-electron chi connectivity index (χ1n) is 11.9. The molecule has 0 unspecified atom stereocenters. The third kappa shape index (κ3) is 5.48. The average molecular weight is 536 g/mol. The third-order valence-corrected chi connectivity index (χ3v) is 6.10. The number of hydrogen-bond donors (Lipinski definition) is 0. The fraction of sp³-hybridized carbons (Fsp3) is 0.286. The fourth-order valence-electron chi connectivity index (χ4n) is 4.30. The summed E-state index contributed by atoms with van der Waals surface area (Å²) in [5.74, 6) is 0.922. The Labute approximate surface area is 224 Å². The van der Waals surface area contributed by atoms with E-state index in [1.165, 1.54) is 40.1 Å². The number of nitrogens with zero attached hydrogens (tertiary/aromatic N) is 3. The molecule has 11 nitrogen and oxygen atoms in total. The van der Waals surface area contributed by atoms with Gasteiger partial charge in [0.2, 0.25) is 5.75 Å². The van der Waals surface area contributed by atoms with Gasteiger partial charge in [0.15, 0.2) is 11.5 Å². The Bertz CT molecular complexity index is 1510. The van der Waals surface area contributed by atoms with Gasteiger partial charge in [-0.05, 0) is 41.3 Å². The monoisotopic (exact) mass is 535 g/mol. The molecule has 39 heavy (non-hydrogen) atoms. The van der Waals surface area contributed by atoms with Crippen LogP contribution in [0.2, 0.25) is 0 Å². The van der Waals surface area contributed by atoms with Gasteiger partial charge in [-0.25, -0.2) is 4.79 Å². The van der Waals surface area contributed by atoms with Gasteiger partial charge < -0.3 is 28.4 Å². The lowest BCUT2D eigenvalue weighted by Gasteiger charge is -2.20. The standard InChI is InChI=1S/C28H29N3O8/c1-34-11-10-31-25(28(33)38-5)24(17-12-22(35-2)26(37-4)23(13-17)36-3)20-7-6-19(14-21(20)27(31)32)39-16-18-15-29-8-9-30-18/h6-9,12-15H,10-11,16H2,1-5H3. The molecular weight excluding hydrogens is 506 g/mol. The molecule has 0 radical (unpaired) electrons. The molecule has 11 heteroatoms. The summed E-state index contributed by atoms with van der Waals surface area (Å²) in [4.78, 5) is 35.2. The number of rotatable bonds is 11. The molecule has 4 rings (SSSR count). The Balaban J connectivity index is 2.01. The maximum atomic E-state index is 13.8. The highest BCUT2D eigenvalue weighted by atomic mass is 16.5. The molecule has 0 N–H and O–H groups in total. The molecule has 2 heterocycles. The first-order chi connectivity index (χ1) is 19.0. The molecule has 0 aliphatic rings. The van der Waals surface area contributed by atoms with Crippen LogP contribution in [0.5, 0.6) is 23.0 Å². The van der Waals surface area contributed by atoms with Crippen molar-refractivity contribution in [1.82, 2.24) is 14.5 Å². The smallest absolute Gasteiger partial charge is 0.355 e. The second-order valence-electron chi connectivity index (χ2n) is 8.27. The van der Waals surface area contributed by atoms with Crippen LogP contribution in [0.3, 0.4) is 0 Å². The first kappa shape index (κ1) is 27.4. The van der Waals surface area contributed by atoms with E-state index in [9.17, 15) is 9.59 Å². The zero-order chi connectivity index (χ0) is 27.9. The summed E-state index contributed by atoms with van der Waals surface area (Å²) in [5.41, 5.74) is 1.30. The quantitative estimate of drug-likeness (QED) is 0.264. The van der Waals surface area contributed by atoms with E-state index in [4.69, 9.17) is 28.4 Å². The molecule has 0 atom stereocenters. The number of aromatic nitrogens is 3. The van der Waals surface area contributed by atoms with Crippen LogP contribution in [-0.4, -0.2) is 62.7 Å². The molecule has 0 bridgehead atoms. The van der Waals surface area contributed by atoms with Crippen molar-refractivity contribution in [2.24, 2.45) is 0 Å². The summed E-state index contributed by atoms with van der Waals surface area (Å²) < 4.78 is 34.2. The number of benzene rings is 2. The Kier molecular flexibility index (Phi) is 8.62. The van der Waals surface area contributed by atoms with Gasteiger partial charge in [-0.15, -0.1) is 0 Å². The number of pyridine rings is 1. The van der Waals surface area contributed by atoms with E-state index in [0.29, 0.717) is 50.6 Å². The van der Waals surface area contributed by atoms with Gasteiger partial charge in [0.25, 0.3) is 5.56 Å². The number of esters is 1. The zero-order valence-corrected chi connectivity index (χ0v) is 22.3. The van der Waals surface area contributed by atoms with E-state index in [2.05, 4.69) is 9.97 Å². The Morgan fingerprint density at radius 3 is 2.26 bits per heavy atom. The molecule has 0 saturated heterocycles. The number of methoxy groups -OCH3 is 5. The van der Waals surface area contributed by atoms with Crippen molar-refractivity contribution in [3.8, 4) is 34.1 Å². The van der Waals surface area contributed by atoms with Crippen molar-refractivity contribution >= 4 is 16.7 Å². The van der Waals surface area contributed by atoms with Crippen LogP contribution in [0.25, 0.3) is 21.9 Å². The van der Waals surface area contributed by atoms with E-state index in [-0.39, 0.29) is 25.5 Å². The lowest BCUT2D eigenvalue weighted by molar-refractivity contribution is 0.0585. The molecular formula is C28H29N3O8. The molecule has 4 aromatic rings. The number of carbonyl (C=O) groups excluding carboxylic acids is 1. The predicted octanol–water partition coefficient (Wildman–Crippen LogP) is 3.50. The average Bonchev–Trinajstić information content (AvgIpc) is 2.98. The Morgan fingerprint density at radius 1 is 0.923 bits per heavy atom. The van der Waals surface area contributed by atoms with Crippen LogP contribution in [-0.2, 0) is 22.6 Å². The van der Waals surface area contributed by atoms with Gasteiger partial charge >= 0.3 is 5.97 Å². The minimum absolute atomic E-state index is 0.0644. The molecule has 0 aliphatic heterocycles. The van der Waals surface area contributed by atoms with E-state index in [1.54, 1.807) is 48.9 Å². The van der Waals surface area contributed by atoms with Gasteiger partial charge in [0.1, 0.15) is 18.1 Å². The van der Waals surface area contributed by atoms with Crippen LogP contribution in [0.15, 0.2) is 53.7 Å². The zero-order valence-electron chi connectivity index (χ0n) is 22.3. The van der Waals surface area contributed by atoms with Crippen LogP contribution in [0.4, 0.5) is 0 Å². The second kappa shape index (κ2) is 12.3. The fourth-order valence-corrected chi connectivity index (χ4v) is 4.30. The number of hydrogen-bond acceptors (Lipinski definition) is 10. The van der Waals surface area contributed by atoms with Crippen LogP contribution < -0.4 is 24.5 Å². The minimum atomic E-state index is -0.683. The maximum Gasteiger partial charge on any atom is 0.355 e. The highest BCUT2D eigenvalue weighted by molar-refractivity contribution is 6.07. The first-order valence-corrected chi connectivity index (χ1v) is 11.9. The summed E-state index contributed by atoms with van der Waals surface area (Å²) >= 11 is 0. The molecule has 0 aliphatic carbocycles. The van der Waals surface area contributed by atoms with Crippen molar-refractivity contribution in [3.05, 3.63) is 70.7 Å². The molecule has 0 amide bonds. The number of ether oxygens (including phenoxy) is 6. The largest absolute Gasteiger partial charge is 0.493 e. The van der Waals surface area contributed by atoms with E-state index in [0.717, 1.165) is 0 Å². The summed E-state index contributed by atoms with van der Waals surface area (Å²) in [7, 11) is 7.28. The van der Waals surface area contributed by atoms with Gasteiger partial charge in [-0.2, -0.15) is 0 Å². The SMILES string of the molecule is COCCn1c(C(=O)OC)c(-c2cc(OC)c(OC)c(OC)c2)c2ccc(OCc3cnccn3)cc2c1=O. The van der Waals surface area contributed by atoms with E-state index >= 15 is 0 Å². The van der Waals surface area contributed by atoms with Crippen LogP contribution in [0.1, 0.15) is 16.2 Å². The summed E-state index contributed by atoms with van der Waals surface area (Å²) in [5, 5.41) is 0.842. The highest BCUT2D eigenvalue weighted by Crippen LogP contribution is 2.43. The minimum Gasteiger partial charge on any atom is -0.493 e. The molecule has 0 fully saturated rings. The van der Waals surface area contributed by atoms with E-state index in [1.807, 2.05) is 0 Å². The molecule has 0 saturated carbocycles. The summed E-state index contributed by atoms with van der Waals surface area (Å²) in [6, 6.07) is 8.52. The topological polar surface area (TPSA) is 120 Å². The van der Waals surface area contributed by atoms with Crippen molar-refractivity contribution < 1.29 is 33.2 Å². The molecule has 2 aromatic heterocycles. The van der Waals surface area contributed by atoms with Crippen molar-refractivity contribution in [3.63, 3.8) is 0 Å². The van der Waals surface area contributed by atoms with Gasteiger partial charge in [0.05, 0.1) is 52.3 Å². The number of carbonyl (C=O) groups is 1. The van der Waals surface area contributed by atoms with Crippen molar-refractivity contribution in [2.45, 2.75) is 13.2 Å². The van der Waals surface area contributed by atoms with Gasteiger partial charge in [-0.1, -0.05) is 0 Å². The summed E-state index contributed by atoms with van der Waals surface area (Å²) in [6.45, 7) is 0.460. The highest BCUT2D eigenvalue weighted by Gasteiger charge is 2.26. The second-order valence-corrected chi connectivity index (χ2v) is 8.27. The predicted molar refractivity (Wildman–Crippen MR) is 143 cm³/mol. The van der Waals surface area contributed by atoms with Gasteiger partial charge in [-0.3, -0.25) is 19.3 Å². The number of fused-ring (bicyclic) bond motifs is 1. The van der Waals surface area contributed by atoms with Crippen molar-refractivity contribution in [1.29, 1.82) is 0 Å². The van der Waals surface area contributed by atoms with Gasteiger partial charge in [0, 0.05) is 31.6 Å². The molecule has 0 spiro atoms. The van der Waals surface area contributed by atoms with Crippen LogP contribution in [0, 0.1) is 0 Å². The third-order valence-electron chi connectivity index (χ3n) is 6.10. The van der Waals surface area contributed by atoms with E-state index < -0.39 is 11.5 Å².